The van der Waals surface area contributed by atoms with Crippen molar-refractivity contribution in [3.8, 4) is 16.3 Å². The first-order valence-electron chi connectivity index (χ1n) is 8.54. The van der Waals surface area contributed by atoms with Gasteiger partial charge in [0.05, 0.1) is 6.20 Å². The minimum Gasteiger partial charge on any atom is -0.487 e. The minimum absolute atomic E-state index is 0.0648. The van der Waals surface area contributed by atoms with Crippen molar-refractivity contribution < 1.29 is 13.9 Å². The largest absolute Gasteiger partial charge is 0.487 e. The van der Waals surface area contributed by atoms with Gasteiger partial charge in [-0.25, -0.2) is 9.37 Å². The van der Waals surface area contributed by atoms with Crippen molar-refractivity contribution in [1.82, 2.24) is 15.3 Å². The highest BCUT2D eigenvalue weighted by atomic mass is 32.1. The number of pyridine rings is 1. The molecular formula is C19H17FN4O2S. The molecule has 1 fully saturated rings. The van der Waals surface area contributed by atoms with E-state index in [2.05, 4.69) is 20.6 Å². The normalized spacial score (nSPS) is 16.3. The van der Waals surface area contributed by atoms with Crippen LogP contribution in [0.4, 0.5) is 10.1 Å². The van der Waals surface area contributed by atoms with Gasteiger partial charge < -0.3 is 15.4 Å². The Kier molecular flexibility index (Phi) is 5.08. The molecule has 0 saturated carbocycles. The van der Waals surface area contributed by atoms with Crippen molar-refractivity contribution >= 4 is 22.9 Å². The molecule has 2 N–H and O–H groups in total. The van der Waals surface area contributed by atoms with Crippen LogP contribution >= 0.6 is 11.3 Å². The summed E-state index contributed by atoms with van der Waals surface area (Å²) in [6.07, 6.45) is 4.13. The maximum atomic E-state index is 13.9. The zero-order chi connectivity index (χ0) is 18.6. The topological polar surface area (TPSA) is 76.1 Å². The molecule has 0 radical (unpaired) electrons. The van der Waals surface area contributed by atoms with Crippen LogP contribution in [0.5, 0.6) is 5.75 Å². The van der Waals surface area contributed by atoms with Crippen molar-refractivity contribution in [1.29, 1.82) is 0 Å². The molecular weight excluding hydrogens is 367 g/mol. The monoisotopic (exact) mass is 384 g/mol. The van der Waals surface area contributed by atoms with Gasteiger partial charge in [0, 0.05) is 29.8 Å². The van der Waals surface area contributed by atoms with Crippen LogP contribution in [0.2, 0.25) is 0 Å². The van der Waals surface area contributed by atoms with Gasteiger partial charge in [0.15, 0.2) is 0 Å². The molecule has 1 aliphatic rings. The summed E-state index contributed by atoms with van der Waals surface area (Å²) in [4.78, 5) is 20.9. The van der Waals surface area contributed by atoms with E-state index in [1.807, 2.05) is 0 Å². The van der Waals surface area contributed by atoms with Gasteiger partial charge in [0.2, 0.25) is 0 Å². The third-order valence-electron chi connectivity index (χ3n) is 4.18. The molecule has 1 saturated heterocycles. The lowest BCUT2D eigenvalue weighted by Gasteiger charge is -2.15. The van der Waals surface area contributed by atoms with E-state index >= 15 is 0 Å². The van der Waals surface area contributed by atoms with E-state index in [9.17, 15) is 9.18 Å². The molecule has 1 atom stereocenters. The number of hydrogen-bond acceptors (Lipinski definition) is 6. The van der Waals surface area contributed by atoms with Gasteiger partial charge in [-0.15, -0.1) is 11.3 Å². The maximum Gasteiger partial charge on any atom is 0.275 e. The molecule has 6 nitrogen and oxygen atoms in total. The fourth-order valence-corrected chi connectivity index (χ4v) is 3.64. The maximum absolute atomic E-state index is 13.9. The zero-order valence-corrected chi connectivity index (χ0v) is 15.1. The first-order chi connectivity index (χ1) is 13.2. The summed E-state index contributed by atoms with van der Waals surface area (Å²) < 4.78 is 19.9. The quantitative estimate of drug-likeness (QED) is 0.706. The predicted molar refractivity (Wildman–Crippen MR) is 102 cm³/mol. The van der Waals surface area contributed by atoms with E-state index < -0.39 is 5.91 Å². The van der Waals surface area contributed by atoms with Crippen LogP contribution in [0.15, 0.2) is 48.1 Å². The molecule has 4 rings (SSSR count). The van der Waals surface area contributed by atoms with Gasteiger partial charge in [-0.05, 0) is 25.1 Å². The predicted octanol–water partition coefficient (Wildman–Crippen LogP) is 3.34. The fourth-order valence-electron chi connectivity index (χ4n) is 2.81. The average Bonchev–Trinajstić information content (AvgIpc) is 3.36. The number of halogens is 1. The highest BCUT2D eigenvalue weighted by Crippen LogP contribution is 2.28. The van der Waals surface area contributed by atoms with Crippen molar-refractivity contribution in [2.75, 3.05) is 18.4 Å². The summed E-state index contributed by atoms with van der Waals surface area (Å²) in [5, 5.41) is 8.08. The van der Waals surface area contributed by atoms with E-state index in [1.54, 1.807) is 42.0 Å². The zero-order valence-electron chi connectivity index (χ0n) is 14.3. The molecule has 3 heterocycles. The SMILES string of the molecule is O=C(Nc1cnccc1O[C@H]1CCNC1)c1csc(-c2ccccc2F)n1. The Labute approximate surface area is 159 Å². The fraction of sp³-hybridized carbons (Fsp3) is 0.211. The summed E-state index contributed by atoms with van der Waals surface area (Å²) in [6, 6.07) is 8.08. The Morgan fingerprint density at radius 2 is 2.22 bits per heavy atom. The van der Waals surface area contributed by atoms with Gasteiger partial charge in [0.25, 0.3) is 5.91 Å². The Balaban J connectivity index is 1.51. The highest BCUT2D eigenvalue weighted by Gasteiger charge is 2.19. The van der Waals surface area contributed by atoms with E-state index in [1.165, 1.54) is 17.4 Å². The first-order valence-corrected chi connectivity index (χ1v) is 9.42. The Bertz CT molecular complexity index is 956. The molecule has 0 bridgehead atoms. The second-order valence-electron chi connectivity index (χ2n) is 6.08. The lowest BCUT2D eigenvalue weighted by atomic mass is 10.2. The summed E-state index contributed by atoms with van der Waals surface area (Å²) >= 11 is 1.22. The lowest BCUT2D eigenvalue weighted by molar-refractivity contribution is 0.102. The number of aromatic nitrogens is 2. The van der Waals surface area contributed by atoms with Crippen LogP contribution in [0, 0.1) is 5.82 Å². The molecule has 1 aromatic carbocycles. The molecule has 2 aromatic heterocycles. The van der Waals surface area contributed by atoms with Gasteiger partial charge in [0.1, 0.15) is 34.1 Å². The molecule has 138 valence electrons. The number of nitrogens with one attached hydrogen (secondary N) is 2. The van der Waals surface area contributed by atoms with Crippen LogP contribution in [-0.2, 0) is 0 Å². The summed E-state index contributed by atoms with van der Waals surface area (Å²) in [5.41, 5.74) is 1.08. The van der Waals surface area contributed by atoms with Crippen LogP contribution in [0.1, 0.15) is 16.9 Å². The number of anilines is 1. The second-order valence-corrected chi connectivity index (χ2v) is 6.93. The third-order valence-corrected chi connectivity index (χ3v) is 5.05. The minimum atomic E-state index is -0.392. The number of amides is 1. The summed E-state index contributed by atoms with van der Waals surface area (Å²) in [5.74, 6) is -0.195. The van der Waals surface area contributed by atoms with E-state index in [4.69, 9.17) is 4.74 Å². The number of nitrogens with zero attached hydrogens (tertiary/aromatic N) is 2. The van der Waals surface area contributed by atoms with E-state index in [0.717, 1.165) is 19.5 Å². The molecule has 0 aliphatic carbocycles. The Hall–Kier alpha value is -2.84. The third kappa shape index (κ3) is 3.96. The number of hydrogen-bond donors (Lipinski definition) is 2. The number of benzene rings is 1. The van der Waals surface area contributed by atoms with Crippen molar-refractivity contribution in [3.63, 3.8) is 0 Å². The standard InChI is InChI=1S/C19H17FN4O2S/c20-14-4-2-1-3-13(14)19-24-16(11-27-19)18(25)23-15-10-22-8-6-17(15)26-12-5-7-21-9-12/h1-4,6,8,10-12,21H,5,7,9H2,(H,23,25)/t12-/m0/s1. The van der Waals surface area contributed by atoms with Gasteiger partial charge in [-0.3, -0.25) is 9.78 Å². The number of carbonyl (C=O) groups is 1. The van der Waals surface area contributed by atoms with Crippen LogP contribution in [0.25, 0.3) is 10.6 Å². The van der Waals surface area contributed by atoms with Crippen molar-refractivity contribution in [2.24, 2.45) is 0 Å². The molecule has 0 spiro atoms. The molecule has 0 unspecified atom stereocenters. The first kappa shape index (κ1) is 17.6. The molecule has 1 amide bonds. The van der Waals surface area contributed by atoms with Crippen molar-refractivity contribution in [2.45, 2.75) is 12.5 Å². The van der Waals surface area contributed by atoms with Gasteiger partial charge in [-0.2, -0.15) is 0 Å². The smallest absolute Gasteiger partial charge is 0.275 e. The number of carbonyl (C=O) groups excluding carboxylic acids is 1. The summed E-state index contributed by atoms with van der Waals surface area (Å²) in [6.45, 7) is 1.68. The van der Waals surface area contributed by atoms with Gasteiger partial charge >= 0.3 is 0 Å². The molecule has 1 aliphatic heterocycles. The van der Waals surface area contributed by atoms with E-state index in [0.29, 0.717) is 22.0 Å². The Morgan fingerprint density at radius 1 is 1.33 bits per heavy atom. The van der Waals surface area contributed by atoms with Crippen LogP contribution in [0.3, 0.4) is 0 Å². The van der Waals surface area contributed by atoms with E-state index in [-0.39, 0.29) is 17.6 Å². The second kappa shape index (κ2) is 7.81. The highest BCUT2D eigenvalue weighted by molar-refractivity contribution is 7.13. The van der Waals surface area contributed by atoms with Crippen LogP contribution in [-0.4, -0.2) is 35.1 Å². The van der Waals surface area contributed by atoms with Crippen molar-refractivity contribution in [3.05, 3.63) is 59.6 Å². The summed E-state index contributed by atoms with van der Waals surface area (Å²) in [7, 11) is 0. The molecule has 8 heteroatoms. The Morgan fingerprint density at radius 3 is 3.04 bits per heavy atom. The van der Waals surface area contributed by atoms with Gasteiger partial charge in [-0.1, -0.05) is 12.1 Å². The number of rotatable bonds is 5. The average molecular weight is 384 g/mol. The number of thiazole rings is 1. The van der Waals surface area contributed by atoms with Crippen LogP contribution < -0.4 is 15.4 Å². The number of ether oxygens (including phenoxy) is 1. The molecule has 27 heavy (non-hydrogen) atoms. The molecule has 3 aromatic rings. The lowest BCUT2D eigenvalue weighted by Crippen LogP contribution is -2.21.